The number of hydrogen-bond donors (Lipinski definition) is 1. The minimum atomic E-state index is -0.211. The molecule has 2 fully saturated rings. The van der Waals surface area contributed by atoms with Crippen molar-refractivity contribution < 1.29 is 9.50 Å². The minimum Gasteiger partial charge on any atom is -0.507 e. The van der Waals surface area contributed by atoms with Crippen LogP contribution in [0.2, 0.25) is 5.02 Å². The first-order chi connectivity index (χ1) is 14.2. The van der Waals surface area contributed by atoms with Gasteiger partial charge < -0.3 is 5.11 Å². The maximum atomic E-state index is 16.0. The molecule has 0 aromatic heterocycles. The Balaban J connectivity index is 1.55. The number of benzene rings is 2. The quantitative estimate of drug-likeness (QED) is 0.495. The zero-order valence-corrected chi connectivity index (χ0v) is 18.5. The fraction of sp³-hybridized carbons (Fsp3) is 0.407. The van der Waals surface area contributed by atoms with Crippen LogP contribution in [0.3, 0.4) is 0 Å². The van der Waals surface area contributed by atoms with Crippen LogP contribution in [0.15, 0.2) is 42.5 Å². The molecule has 3 aliphatic rings. The van der Waals surface area contributed by atoms with Gasteiger partial charge in [-0.1, -0.05) is 56.3 Å². The van der Waals surface area contributed by atoms with E-state index in [0.29, 0.717) is 21.9 Å². The lowest BCUT2D eigenvalue weighted by Crippen LogP contribution is -2.31. The minimum absolute atomic E-state index is 0.142. The molecule has 0 atom stereocenters. The van der Waals surface area contributed by atoms with Crippen LogP contribution in [-0.2, 0) is 10.8 Å². The summed E-state index contributed by atoms with van der Waals surface area (Å²) < 4.78 is 16.0. The summed E-state index contributed by atoms with van der Waals surface area (Å²) in [5.41, 5.74) is 5.61. The van der Waals surface area contributed by atoms with E-state index in [9.17, 15) is 5.11 Å². The summed E-state index contributed by atoms with van der Waals surface area (Å²) in [6.07, 6.45) is 7.44. The monoisotopic (exact) mass is 422 g/mol. The van der Waals surface area contributed by atoms with Crippen molar-refractivity contribution in [3.05, 3.63) is 81.1 Å². The van der Waals surface area contributed by atoms with Crippen molar-refractivity contribution in [2.75, 3.05) is 0 Å². The summed E-state index contributed by atoms with van der Waals surface area (Å²) in [5, 5.41) is 10.8. The van der Waals surface area contributed by atoms with E-state index >= 15 is 4.39 Å². The van der Waals surface area contributed by atoms with Crippen LogP contribution in [-0.4, -0.2) is 5.11 Å². The largest absolute Gasteiger partial charge is 0.507 e. The highest BCUT2D eigenvalue weighted by molar-refractivity contribution is 6.32. The van der Waals surface area contributed by atoms with E-state index in [2.05, 4.69) is 20.4 Å². The number of fused-ring (bicyclic) bond motifs is 2. The number of allylic oxidation sites excluding steroid dienone is 1. The Morgan fingerprint density at radius 2 is 1.63 bits per heavy atom. The predicted molar refractivity (Wildman–Crippen MR) is 123 cm³/mol. The molecule has 1 spiro atoms. The van der Waals surface area contributed by atoms with Crippen LogP contribution in [0.25, 0.3) is 11.3 Å². The standard InChI is InChI=1S/C27H28ClFO/c1-16(17-7-9-19(10-8-17)25(30)18-5-4-6-18)22-21(28)15-20-23(24(22)29)26(2,3)11-12-27(20)13-14-27/h7-10,15,30H,1,4-6,11-14H2,2-3H3. The number of aliphatic hydroxyl groups is 1. The van der Waals surface area contributed by atoms with E-state index in [0.717, 1.165) is 72.8 Å². The third kappa shape index (κ3) is 2.95. The fourth-order valence-corrected chi connectivity index (χ4v) is 5.53. The molecule has 0 radical (unpaired) electrons. The van der Waals surface area contributed by atoms with Crippen molar-refractivity contribution in [2.24, 2.45) is 0 Å². The van der Waals surface area contributed by atoms with Crippen molar-refractivity contribution in [3.63, 3.8) is 0 Å². The van der Waals surface area contributed by atoms with Crippen LogP contribution in [0.1, 0.15) is 86.6 Å². The smallest absolute Gasteiger partial charge is 0.136 e. The van der Waals surface area contributed by atoms with Gasteiger partial charge in [0.2, 0.25) is 0 Å². The van der Waals surface area contributed by atoms with Gasteiger partial charge in [0, 0.05) is 11.1 Å². The summed E-state index contributed by atoms with van der Waals surface area (Å²) in [6, 6.07) is 9.57. The normalized spacial score (nSPS) is 20.5. The van der Waals surface area contributed by atoms with Crippen molar-refractivity contribution in [2.45, 2.75) is 69.6 Å². The third-order valence-electron chi connectivity index (χ3n) is 7.65. The van der Waals surface area contributed by atoms with Crippen molar-refractivity contribution in [1.29, 1.82) is 0 Å². The summed E-state index contributed by atoms with van der Waals surface area (Å²) in [6.45, 7) is 8.47. The first-order valence-corrected chi connectivity index (χ1v) is 11.4. The molecule has 3 aliphatic carbocycles. The van der Waals surface area contributed by atoms with Gasteiger partial charge in [0.05, 0.1) is 5.02 Å². The van der Waals surface area contributed by atoms with E-state index < -0.39 is 0 Å². The molecule has 1 nitrogen and oxygen atoms in total. The number of halogens is 2. The maximum Gasteiger partial charge on any atom is 0.136 e. The zero-order valence-electron chi connectivity index (χ0n) is 17.7. The molecule has 1 N–H and O–H groups in total. The third-order valence-corrected chi connectivity index (χ3v) is 7.95. The van der Waals surface area contributed by atoms with E-state index in [1.165, 1.54) is 0 Å². The van der Waals surface area contributed by atoms with Crippen molar-refractivity contribution in [1.82, 2.24) is 0 Å². The molecule has 2 aromatic carbocycles. The summed E-state index contributed by atoms with van der Waals surface area (Å²) >= 11 is 6.66. The fourth-order valence-electron chi connectivity index (χ4n) is 5.23. The van der Waals surface area contributed by atoms with Gasteiger partial charge in [-0.25, -0.2) is 4.39 Å². The highest BCUT2D eigenvalue weighted by atomic mass is 35.5. The van der Waals surface area contributed by atoms with Crippen molar-refractivity contribution in [3.8, 4) is 0 Å². The molecule has 0 aliphatic heterocycles. The van der Waals surface area contributed by atoms with Gasteiger partial charge >= 0.3 is 0 Å². The molecule has 2 aromatic rings. The molecule has 0 heterocycles. The Morgan fingerprint density at radius 3 is 2.20 bits per heavy atom. The summed E-state index contributed by atoms with van der Waals surface area (Å²) in [7, 11) is 0. The van der Waals surface area contributed by atoms with Gasteiger partial charge in [0.15, 0.2) is 0 Å². The number of rotatable bonds is 3. The highest BCUT2D eigenvalue weighted by Gasteiger charge is 2.52. The molecule has 0 saturated heterocycles. The molecule has 3 heteroatoms. The first kappa shape index (κ1) is 19.9. The Bertz CT molecular complexity index is 1080. The lowest BCUT2D eigenvalue weighted by Gasteiger charge is -2.38. The van der Waals surface area contributed by atoms with Crippen LogP contribution in [0, 0.1) is 5.82 Å². The van der Waals surface area contributed by atoms with E-state index in [1.807, 2.05) is 30.3 Å². The Labute approximate surface area is 183 Å². The van der Waals surface area contributed by atoms with Crippen molar-refractivity contribution >= 4 is 22.9 Å². The van der Waals surface area contributed by atoms with Gasteiger partial charge in [-0.2, -0.15) is 0 Å². The van der Waals surface area contributed by atoms with Gasteiger partial charge in [-0.05, 0) is 89.7 Å². The Hall–Kier alpha value is -2.06. The summed E-state index contributed by atoms with van der Waals surface area (Å²) in [5.74, 6) is 0.176. The zero-order chi connectivity index (χ0) is 21.3. The molecular weight excluding hydrogens is 395 g/mol. The lowest BCUT2D eigenvalue weighted by molar-refractivity contribution is 0.364. The SMILES string of the molecule is C=C(c1ccc(C(O)=C2CCC2)cc1)c1c(Cl)cc2c(c1F)C(C)(C)CCC21CC1. The molecule has 5 rings (SSSR count). The van der Waals surface area contributed by atoms with E-state index in [4.69, 9.17) is 11.6 Å². The van der Waals surface area contributed by atoms with Crippen LogP contribution in [0.4, 0.5) is 4.39 Å². The van der Waals surface area contributed by atoms with Gasteiger partial charge in [-0.3, -0.25) is 0 Å². The van der Waals surface area contributed by atoms with E-state index in [1.54, 1.807) is 0 Å². The Kier molecular flexibility index (Phi) is 4.45. The van der Waals surface area contributed by atoms with Crippen LogP contribution in [0.5, 0.6) is 0 Å². The maximum absolute atomic E-state index is 16.0. The molecule has 156 valence electrons. The summed E-state index contributed by atoms with van der Waals surface area (Å²) in [4.78, 5) is 0. The van der Waals surface area contributed by atoms with Gasteiger partial charge in [-0.15, -0.1) is 0 Å². The molecule has 30 heavy (non-hydrogen) atoms. The second-order valence-corrected chi connectivity index (χ2v) is 10.4. The topological polar surface area (TPSA) is 20.2 Å². The first-order valence-electron chi connectivity index (χ1n) is 11.0. The van der Waals surface area contributed by atoms with E-state index in [-0.39, 0.29) is 16.6 Å². The van der Waals surface area contributed by atoms with Gasteiger partial charge in [0.25, 0.3) is 0 Å². The number of aliphatic hydroxyl groups excluding tert-OH is 1. The second-order valence-electron chi connectivity index (χ2n) is 10.00. The lowest BCUT2D eigenvalue weighted by atomic mass is 9.66. The molecular formula is C27H28ClFO. The number of hydrogen-bond acceptors (Lipinski definition) is 1. The molecule has 2 saturated carbocycles. The average molecular weight is 423 g/mol. The Morgan fingerprint density at radius 1 is 1.03 bits per heavy atom. The van der Waals surface area contributed by atoms with Crippen LogP contribution >= 0.6 is 11.6 Å². The van der Waals surface area contributed by atoms with Crippen LogP contribution < -0.4 is 0 Å². The average Bonchev–Trinajstić information content (AvgIpc) is 3.44. The highest BCUT2D eigenvalue weighted by Crippen LogP contribution is 2.60. The molecule has 0 amide bonds. The molecule has 0 bridgehead atoms. The predicted octanol–water partition coefficient (Wildman–Crippen LogP) is 8.10. The van der Waals surface area contributed by atoms with Gasteiger partial charge in [0.1, 0.15) is 11.6 Å². The molecule has 0 unspecified atom stereocenters. The second kappa shape index (κ2) is 6.72.